The topological polar surface area (TPSA) is 100 Å². The lowest BCUT2D eigenvalue weighted by Gasteiger charge is -2.08. The van der Waals surface area contributed by atoms with Gasteiger partial charge in [0, 0.05) is 24.5 Å². The molecule has 26 heavy (non-hydrogen) atoms. The Labute approximate surface area is 151 Å². The molecule has 1 heterocycles. The molecule has 0 radical (unpaired) electrons. The summed E-state index contributed by atoms with van der Waals surface area (Å²) >= 11 is 0. The van der Waals surface area contributed by atoms with Gasteiger partial charge < -0.3 is 16.0 Å². The average Bonchev–Trinajstić information content (AvgIpc) is 3.41. The number of rotatable bonds is 6. The SMILES string of the molecule is CC(=O)Nc1cccc(NC(=O)C2CC2C(=O)NCc2ccccn2)c1. The largest absolute Gasteiger partial charge is 0.350 e. The molecular formula is C19H20N4O3. The van der Waals surface area contributed by atoms with Gasteiger partial charge in [-0.2, -0.15) is 0 Å². The number of carbonyl (C=O) groups is 3. The minimum Gasteiger partial charge on any atom is -0.350 e. The first-order valence-corrected chi connectivity index (χ1v) is 8.39. The maximum atomic E-state index is 12.3. The Hall–Kier alpha value is -3.22. The maximum Gasteiger partial charge on any atom is 0.228 e. The van der Waals surface area contributed by atoms with E-state index < -0.39 is 0 Å². The van der Waals surface area contributed by atoms with Crippen molar-refractivity contribution >= 4 is 29.1 Å². The van der Waals surface area contributed by atoms with E-state index in [9.17, 15) is 14.4 Å². The highest BCUT2D eigenvalue weighted by Gasteiger charge is 2.47. The number of amides is 3. The van der Waals surface area contributed by atoms with Crippen molar-refractivity contribution in [1.29, 1.82) is 0 Å². The summed E-state index contributed by atoms with van der Waals surface area (Å²) in [4.78, 5) is 39.7. The molecule has 0 aliphatic heterocycles. The Morgan fingerprint density at radius 1 is 1.00 bits per heavy atom. The van der Waals surface area contributed by atoms with Crippen molar-refractivity contribution in [3.8, 4) is 0 Å². The second kappa shape index (κ2) is 7.77. The van der Waals surface area contributed by atoms with Crippen LogP contribution in [0.15, 0.2) is 48.7 Å². The molecule has 134 valence electrons. The lowest BCUT2D eigenvalue weighted by molar-refractivity contribution is -0.125. The van der Waals surface area contributed by atoms with Crippen molar-refractivity contribution in [2.75, 3.05) is 10.6 Å². The summed E-state index contributed by atoms with van der Waals surface area (Å²) in [5, 5.41) is 8.27. The molecule has 0 spiro atoms. The van der Waals surface area contributed by atoms with E-state index >= 15 is 0 Å². The number of aromatic nitrogens is 1. The zero-order chi connectivity index (χ0) is 18.5. The summed E-state index contributed by atoms with van der Waals surface area (Å²) < 4.78 is 0. The number of nitrogens with zero attached hydrogens (tertiary/aromatic N) is 1. The number of anilines is 2. The first-order chi connectivity index (χ1) is 12.5. The van der Waals surface area contributed by atoms with E-state index in [1.807, 2.05) is 18.2 Å². The van der Waals surface area contributed by atoms with Gasteiger partial charge in [-0.05, 0) is 36.8 Å². The van der Waals surface area contributed by atoms with Crippen LogP contribution in [0.3, 0.4) is 0 Å². The van der Waals surface area contributed by atoms with Gasteiger partial charge in [0.15, 0.2) is 0 Å². The molecule has 2 atom stereocenters. The van der Waals surface area contributed by atoms with E-state index in [0.29, 0.717) is 24.3 Å². The summed E-state index contributed by atoms with van der Waals surface area (Å²) in [7, 11) is 0. The zero-order valence-corrected chi connectivity index (χ0v) is 14.4. The third kappa shape index (κ3) is 4.66. The third-order valence-electron chi connectivity index (χ3n) is 4.08. The van der Waals surface area contributed by atoms with E-state index in [1.54, 1.807) is 30.5 Å². The van der Waals surface area contributed by atoms with Crippen molar-refractivity contribution in [2.24, 2.45) is 11.8 Å². The van der Waals surface area contributed by atoms with Gasteiger partial charge in [-0.15, -0.1) is 0 Å². The number of carbonyl (C=O) groups excluding carboxylic acids is 3. The van der Waals surface area contributed by atoms with Crippen LogP contribution in [0.4, 0.5) is 11.4 Å². The first kappa shape index (κ1) is 17.6. The van der Waals surface area contributed by atoms with Crippen molar-refractivity contribution in [2.45, 2.75) is 19.9 Å². The van der Waals surface area contributed by atoms with Crippen LogP contribution in [0.25, 0.3) is 0 Å². The number of nitrogens with one attached hydrogen (secondary N) is 3. The summed E-state index contributed by atoms with van der Waals surface area (Å²) in [6.07, 6.45) is 2.20. The molecule has 2 aromatic rings. The molecule has 3 N–H and O–H groups in total. The summed E-state index contributed by atoms with van der Waals surface area (Å²) in [5.74, 6) is -1.15. The van der Waals surface area contributed by atoms with Crippen LogP contribution < -0.4 is 16.0 Å². The molecule has 3 rings (SSSR count). The Morgan fingerprint density at radius 2 is 1.73 bits per heavy atom. The van der Waals surface area contributed by atoms with E-state index in [-0.39, 0.29) is 29.6 Å². The first-order valence-electron chi connectivity index (χ1n) is 8.39. The van der Waals surface area contributed by atoms with Crippen molar-refractivity contribution < 1.29 is 14.4 Å². The highest BCUT2D eigenvalue weighted by atomic mass is 16.2. The number of hydrogen-bond acceptors (Lipinski definition) is 4. The Morgan fingerprint density at radius 3 is 2.42 bits per heavy atom. The zero-order valence-electron chi connectivity index (χ0n) is 14.4. The minimum absolute atomic E-state index is 0.136. The second-order valence-corrected chi connectivity index (χ2v) is 6.24. The van der Waals surface area contributed by atoms with E-state index in [0.717, 1.165) is 5.69 Å². The van der Waals surface area contributed by atoms with Crippen molar-refractivity contribution in [3.05, 3.63) is 54.4 Å². The summed E-state index contributed by atoms with van der Waals surface area (Å²) in [6.45, 7) is 1.77. The molecule has 2 unspecified atom stereocenters. The molecule has 0 bridgehead atoms. The number of benzene rings is 1. The predicted octanol–water partition coefficient (Wildman–Crippen LogP) is 1.93. The predicted molar refractivity (Wildman–Crippen MR) is 97.1 cm³/mol. The Bertz CT molecular complexity index is 823. The van der Waals surface area contributed by atoms with Crippen LogP contribution in [0.2, 0.25) is 0 Å². The van der Waals surface area contributed by atoms with E-state index in [1.165, 1.54) is 6.92 Å². The fourth-order valence-corrected chi connectivity index (χ4v) is 2.70. The summed E-state index contributed by atoms with van der Waals surface area (Å²) in [5.41, 5.74) is 1.97. The Balaban J connectivity index is 1.49. The van der Waals surface area contributed by atoms with Crippen LogP contribution in [0.1, 0.15) is 19.0 Å². The molecule has 7 heteroatoms. The van der Waals surface area contributed by atoms with Gasteiger partial charge >= 0.3 is 0 Å². The smallest absolute Gasteiger partial charge is 0.228 e. The van der Waals surface area contributed by atoms with Gasteiger partial charge in [0.2, 0.25) is 17.7 Å². The lowest BCUT2D eigenvalue weighted by atomic mass is 10.2. The standard InChI is InChI=1S/C19H20N4O3/c1-12(24)22-13-6-4-7-14(9-13)23-19(26)17-10-16(17)18(25)21-11-15-5-2-3-8-20-15/h2-9,16-17H,10-11H2,1H3,(H,21,25)(H,22,24)(H,23,26). The van der Waals surface area contributed by atoms with E-state index in [2.05, 4.69) is 20.9 Å². The van der Waals surface area contributed by atoms with Crippen LogP contribution in [0.5, 0.6) is 0 Å². The highest BCUT2D eigenvalue weighted by molar-refractivity contribution is 6.00. The van der Waals surface area contributed by atoms with Crippen molar-refractivity contribution in [1.82, 2.24) is 10.3 Å². The second-order valence-electron chi connectivity index (χ2n) is 6.24. The van der Waals surface area contributed by atoms with E-state index in [4.69, 9.17) is 0 Å². The van der Waals surface area contributed by atoms with Gasteiger partial charge in [-0.1, -0.05) is 12.1 Å². The average molecular weight is 352 g/mol. The quantitative estimate of drug-likeness (QED) is 0.739. The molecule has 0 saturated heterocycles. The molecule has 1 aliphatic rings. The molecule has 1 aromatic heterocycles. The fourth-order valence-electron chi connectivity index (χ4n) is 2.70. The molecular weight excluding hydrogens is 332 g/mol. The normalized spacial score (nSPS) is 17.9. The molecule has 7 nitrogen and oxygen atoms in total. The molecule has 1 aromatic carbocycles. The van der Waals surface area contributed by atoms with Crippen LogP contribution in [-0.4, -0.2) is 22.7 Å². The summed E-state index contributed by atoms with van der Waals surface area (Å²) in [6, 6.07) is 12.4. The minimum atomic E-state index is -0.330. The Kier molecular flexibility index (Phi) is 5.26. The molecule has 1 aliphatic carbocycles. The van der Waals surface area contributed by atoms with Crippen LogP contribution in [0, 0.1) is 11.8 Å². The highest BCUT2D eigenvalue weighted by Crippen LogP contribution is 2.39. The van der Waals surface area contributed by atoms with Gasteiger partial charge in [0.1, 0.15) is 0 Å². The van der Waals surface area contributed by atoms with Crippen LogP contribution in [-0.2, 0) is 20.9 Å². The fraction of sp³-hybridized carbons (Fsp3) is 0.263. The van der Waals surface area contributed by atoms with Gasteiger partial charge in [-0.3, -0.25) is 19.4 Å². The number of pyridine rings is 1. The third-order valence-corrected chi connectivity index (χ3v) is 4.08. The number of hydrogen-bond donors (Lipinski definition) is 3. The molecule has 1 saturated carbocycles. The monoisotopic (exact) mass is 352 g/mol. The lowest BCUT2D eigenvalue weighted by Crippen LogP contribution is -2.27. The van der Waals surface area contributed by atoms with Gasteiger partial charge in [0.05, 0.1) is 24.1 Å². The van der Waals surface area contributed by atoms with Gasteiger partial charge in [-0.25, -0.2) is 0 Å². The van der Waals surface area contributed by atoms with Crippen LogP contribution >= 0.6 is 0 Å². The molecule has 1 fully saturated rings. The molecule has 3 amide bonds. The maximum absolute atomic E-state index is 12.3. The van der Waals surface area contributed by atoms with Gasteiger partial charge in [0.25, 0.3) is 0 Å². The van der Waals surface area contributed by atoms with Crippen molar-refractivity contribution in [3.63, 3.8) is 0 Å².